The van der Waals surface area contributed by atoms with E-state index in [1.165, 1.54) is 6.42 Å². The summed E-state index contributed by atoms with van der Waals surface area (Å²) in [6, 6.07) is 4.26. The summed E-state index contributed by atoms with van der Waals surface area (Å²) < 4.78 is 2.00. The molecule has 3 aromatic rings. The zero-order valence-corrected chi connectivity index (χ0v) is 17.8. The number of hydrogen-bond donors (Lipinski definition) is 1. The van der Waals surface area contributed by atoms with Crippen LogP contribution >= 0.6 is 0 Å². The number of aromatic nitrogens is 3. The third-order valence-electron chi connectivity index (χ3n) is 6.76. The summed E-state index contributed by atoms with van der Waals surface area (Å²) in [7, 11) is 0. The predicted octanol–water partition coefficient (Wildman–Crippen LogP) is 3.08. The van der Waals surface area contributed by atoms with Crippen LogP contribution in [0.25, 0.3) is 21.8 Å². The van der Waals surface area contributed by atoms with Crippen LogP contribution in [0, 0.1) is 6.92 Å². The van der Waals surface area contributed by atoms with Crippen LogP contribution in [-0.2, 0) is 0 Å². The lowest BCUT2D eigenvalue weighted by atomic mass is 9.93. The lowest BCUT2D eigenvalue weighted by Gasteiger charge is -2.34. The summed E-state index contributed by atoms with van der Waals surface area (Å²) in [5.74, 6) is 0.0830. The monoisotopic (exact) mass is 407 g/mol. The van der Waals surface area contributed by atoms with Crippen LogP contribution in [0.15, 0.2) is 23.1 Å². The summed E-state index contributed by atoms with van der Waals surface area (Å²) in [4.78, 5) is 33.3. The molecule has 1 N–H and O–H groups in total. The van der Waals surface area contributed by atoms with Gasteiger partial charge in [0.2, 0.25) is 0 Å². The number of nitrogens with zero attached hydrogens (tertiary/aromatic N) is 4. The Bertz CT molecular complexity index is 1170. The van der Waals surface area contributed by atoms with Gasteiger partial charge in [-0.2, -0.15) is 5.10 Å². The zero-order chi connectivity index (χ0) is 20.8. The maximum Gasteiger partial charge on any atom is 0.259 e. The lowest BCUT2D eigenvalue weighted by molar-refractivity contribution is 0.0637. The highest BCUT2D eigenvalue weighted by Crippen LogP contribution is 2.35. The van der Waals surface area contributed by atoms with Crippen molar-refractivity contribution in [3.8, 4) is 0 Å². The van der Waals surface area contributed by atoms with Gasteiger partial charge in [-0.05, 0) is 56.8 Å². The molecule has 158 valence electrons. The van der Waals surface area contributed by atoms with Crippen molar-refractivity contribution >= 4 is 27.7 Å². The molecule has 0 radical (unpaired) electrons. The van der Waals surface area contributed by atoms with E-state index in [1.807, 2.05) is 28.6 Å². The van der Waals surface area contributed by atoms with Crippen molar-refractivity contribution in [2.45, 2.75) is 45.6 Å². The van der Waals surface area contributed by atoms with Gasteiger partial charge in [-0.3, -0.25) is 19.2 Å². The first-order valence-corrected chi connectivity index (χ1v) is 11.1. The molecule has 1 saturated heterocycles. The molecule has 0 unspecified atom stereocenters. The number of aromatic amines is 1. The normalized spacial score (nSPS) is 18.3. The topological polar surface area (TPSA) is 74.2 Å². The minimum Gasteiger partial charge on any atom is -0.336 e. The second-order valence-electron chi connectivity index (χ2n) is 8.74. The molecule has 2 aromatic heterocycles. The van der Waals surface area contributed by atoms with Crippen LogP contribution in [-0.4, -0.2) is 63.2 Å². The third-order valence-corrected chi connectivity index (χ3v) is 6.76. The number of carbonyl (C=O) groups is 1. The molecule has 1 saturated carbocycles. The van der Waals surface area contributed by atoms with Gasteiger partial charge in [-0.25, -0.2) is 0 Å². The average Bonchev–Trinajstić information content (AvgIpc) is 3.12. The summed E-state index contributed by atoms with van der Waals surface area (Å²) in [6.07, 6.45) is 6.18. The quantitative estimate of drug-likeness (QED) is 0.721. The number of hydrogen-bond acceptors (Lipinski definition) is 4. The molecule has 2 fully saturated rings. The number of amides is 1. The average molecular weight is 408 g/mol. The number of piperazine rings is 1. The second kappa shape index (κ2) is 7.54. The smallest absolute Gasteiger partial charge is 0.259 e. The van der Waals surface area contributed by atoms with Crippen molar-refractivity contribution in [3.05, 3.63) is 39.8 Å². The van der Waals surface area contributed by atoms with Gasteiger partial charge in [-0.15, -0.1) is 0 Å². The Labute approximate surface area is 175 Å². The largest absolute Gasteiger partial charge is 0.336 e. The van der Waals surface area contributed by atoms with Gasteiger partial charge in [0, 0.05) is 37.1 Å². The molecule has 7 heteroatoms. The summed E-state index contributed by atoms with van der Waals surface area (Å²) in [5, 5.41) is 6.05. The molecule has 7 nitrogen and oxygen atoms in total. The van der Waals surface area contributed by atoms with E-state index in [2.05, 4.69) is 21.9 Å². The van der Waals surface area contributed by atoms with Crippen molar-refractivity contribution in [1.29, 1.82) is 0 Å². The SMILES string of the molecule is CCCN1CCN(C(=O)c2cc3c(cc2C)[nH]c(=O)c2cnn(C4CCC4)c23)CC1. The molecule has 2 aliphatic rings. The fourth-order valence-corrected chi connectivity index (χ4v) is 4.79. The molecule has 0 spiro atoms. The van der Waals surface area contributed by atoms with Gasteiger partial charge in [0.05, 0.1) is 28.7 Å². The van der Waals surface area contributed by atoms with E-state index in [0.29, 0.717) is 11.4 Å². The van der Waals surface area contributed by atoms with Crippen molar-refractivity contribution in [1.82, 2.24) is 24.6 Å². The minimum atomic E-state index is -0.117. The maximum atomic E-state index is 13.4. The van der Waals surface area contributed by atoms with Gasteiger partial charge in [-0.1, -0.05) is 6.92 Å². The molecule has 0 atom stereocenters. The molecular formula is C23H29N5O2. The summed E-state index contributed by atoms with van der Waals surface area (Å²) in [5.41, 5.74) is 3.14. The van der Waals surface area contributed by atoms with Crippen LogP contribution in [0.1, 0.15) is 54.6 Å². The number of nitrogens with one attached hydrogen (secondary N) is 1. The number of pyridine rings is 1. The van der Waals surface area contributed by atoms with Crippen molar-refractivity contribution in [3.63, 3.8) is 0 Å². The fourth-order valence-electron chi connectivity index (χ4n) is 4.79. The van der Waals surface area contributed by atoms with Crippen molar-refractivity contribution in [2.24, 2.45) is 0 Å². The second-order valence-corrected chi connectivity index (χ2v) is 8.74. The predicted molar refractivity (Wildman–Crippen MR) is 118 cm³/mol. The van der Waals surface area contributed by atoms with Gasteiger partial charge in [0.25, 0.3) is 11.5 Å². The van der Waals surface area contributed by atoms with Gasteiger partial charge >= 0.3 is 0 Å². The lowest BCUT2D eigenvalue weighted by Crippen LogP contribution is -2.48. The number of rotatable bonds is 4. The number of H-pyrrole nitrogens is 1. The Hall–Kier alpha value is -2.67. The Morgan fingerprint density at radius 3 is 2.60 bits per heavy atom. The van der Waals surface area contributed by atoms with Crippen LogP contribution in [0.5, 0.6) is 0 Å². The van der Waals surface area contributed by atoms with Crippen molar-refractivity contribution in [2.75, 3.05) is 32.7 Å². The molecule has 30 heavy (non-hydrogen) atoms. The molecular weight excluding hydrogens is 378 g/mol. The molecule has 5 rings (SSSR count). The van der Waals surface area contributed by atoms with Crippen LogP contribution in [0.4, 0.5) is 0 Å². The molecule has 1 aromatic carbocycles. The number of carbonyl (C=O) groups excluding carboxylic acids is 1. The molecule has 3 heterocycles. The van der Waals surface area contributed by atoms with Crippen molar-refractivity contribution < 1.29 is 4.79 Å². The van der Waals surface area contributed by atoms with Crippen LogP contribution < -0.4 is 5.56 Å². The highest BCUT2D eigenvalue weighted by atomic mass is 16.2. The highest BCUT2D eigenvalue weighted by molar-refractivity contribution is 6.07. The first kappa shape index (κ1) is 19.3. The van der Waals surface area contributed by atoms with Gasteiger partial charge in [0.15, 0.2) is 0 Å². The minimum absolute atomic E-state index is 0.0830. The van der Waals surface area contributed by atoms with E-state index in [9.17, 15) is 9.59 Å². The summed E-state index contributed by atoms with van der Waals surface area (Å²) in [6.45, 7) is 8.61. The Kier molecular flexibility index (Phi) is 4.85. The first-order chi connectivity index (χ1) is 14.6. The van der Waals surface area contributed by atoms with E-state index in [4.69, 9.17) is 0 Å². The van der Waals surface area contributed by atoms with E-state index in [-0.39, 0.29) is 11.5 Å². The Morgan fingerprint density at radius 1 is 1.17 bits per heavy atom. The molecule has 1 aliphatic carbocycles. The van der Waals surface area contributed by atoms with Gasteiger partial charge in [0.1, 0.15) is 0 Å². The summed E-state index contributed by atoms with van der Waals surface area (Å²) >= 11 is 0. The zero-order valence-electron chi connectivity index (χ0n) is 17.8. The van der Waals surface area contributed by atoms with E-state index in [0.717, 1.165) is 79.5 Å². The van der Waals surface area contributed by atoms with Gasteiger partial charge < -0.3 is 9.88 Å². The van der Waals surface area contributed by atoms with E-state index in [1.54, 1.807) is 6.20 Å². The third kappa shape index (κ3) is 3.12. The van der Waals surface area contributed by atoms with E-state index >= 15 is 0 Å². The number of aryl methyl sites for hydroxylation is 1. The first-order valence-electron chi connectivity index (χ1n) is 11.1. The van der Waals surface area contributed by atoms with Crippen LogP contribution in [0.2, 0.25) is 0 Å². The van der Waals surface area contributed by atoms with E-state index < -0.39 is 0 Å². The standard InChI is InChI=1S/C23H29N5O2/c1-3-7-26-8-10-27(11-9-26)23(30)17-13-18-20(12-15(17)2)25-22(29)19-14-24-28(21(18)19)16-5-4-6-16/h12-14,16H,3-11H2,1-2H3,(H,25,29). The maximum absolute atomic E-state index is 13.4. The fraction of sp³-hybridized carbons (Fsp3) is 0.522. The molecule has 0 bridgehead atoms. The van der Waals surface area contributed by atoms with Crippen LogP contribution in [0.3, 0.4) is 0 Å². The Morgan fingerprint density at radius 2 is 1.93 bits per heavy atom. The Balaban J connectivity index is 1.56. The highest BCUT2D eigenvalue weighted by Gasteiger charge is 2.26. The molecule has 1 amide bonds. The number of fused-ring (bicyclic) bond motifs is 3. The number of benzene rings is 1. The molecule has 1 aliphatic heterocycles.